The van der Waals surface area contributed by atoms with Gasteiger partial charge in [0.2, 0.25) is 0 Å². The number of piperidine rings is 1. The molecule has 1 fully saturated rings. The molecule has 2 atom stereocenters. The third kappa shape index (κ3) is 4.78. The zero-order chi connectivity index (χ0) is 14.4. The molecule has 0 spiro atoms. The summed E-state index contributed by atoms with van der Waals surface area (Å²) < 4.78 is 5.60. The summed E-state index contributed by atoms with van der Waals surface area (Å²) in [5.41, 5.74) is 1.28. The van der Waals surface area contributed by atoms with Gasteiger partial charge in [-0.2, -0.15) is 0 Å². The number of ether oxygens (including phenoxy) is 1. The first-order chi connectivity index (χ1) is 9.67. The van der Waals surface area contributed by atoms with E-state index < -0.39 is 6.10 Å². The first kappa shape index (κ1) is 15.3. The molecule has 0 saturated carbocycles. The lowest BCUT2D eigenvalue weighted by Crippen LogP contribution is -2.43. The Balaban J connectivity index is 1.72. The van der Waals surface area contributed by atoms with E-state index in [1.807, 2.05) is 24.3 Å². The van der Waals surface area contributed by atoms with Crippen LogP contribution in [0.15, 0.2) is 24.3 Å². The van der Waals surface area contributed by atoms with E-state index >= 15 is 0 Å². The Morgan fingerprint density at radius 2 is 2.10 bits per heavy atom. The van der Waals surface area contributed by atoms with Crippen molar-refractivity contribution < 1.29 is 14.9 Å². The molecule has 0 aromatic heterocycles. The van der Waals surface area contributed by atoms with Crippen molar-refractivity contribution in [3.05, 3.63) is 29.8 Å². The number of hydrogen-bond acceptors (Lipinski definition) is 4. The van der Waals surface area contributed by atoms with E-state index in [0.29, 0.717) is 13.1 Å². The van der Waals surface area contributed by atoms with Gasteiger partial charge in [-0.05, 0) is 43.5 Å². The Morgan fingerprint density at radius 3 is 2.75 bits per heavy atom. The van der Waals surface area contributed by atoms with E-state index in [1.165, 1.54) is 5.56 Å². The van der Waals surface area contributed by atoms with Gasteiger partial charge in [0, 0.05) is 13.1 Å². The molecule has 112 valence electrons. The van der Waals surface area contributed by atoms with Crippen LogP contribution in [0.5, 0.6) is 5.75 Å². The minimum atomic E-state index is -0.522. The zero-order valence-electron chi connectivity index (χ0n) is 12.2. The van der Waals surface area contributed by atoms with E-state index in [-0.39, 0.29) is 12.7 Å². The molecule has 2 rings (SSSR count). The van der Waals surface area contributed by atoms with Crippen LogP contribution >= 0.6 is 0 Å². The van der Waals surface area contributed by atoms with Gasteiger partial charge in [0.1, 0.15) is 18.5 Å². The Hall–Kier alpha value is -1.10. The highest BCUT2D eigenvalue weighted by molar-refractivity contribution is 5.27. The topological polar surface area (TPSA) is 52.9 Å². The van der Waals surface area contributed by atoms with Gasteiger partial charge in [-0.15, -0.1) is 0 Å². The standard InChI is InChI=1S/C16H25NO3/c1-2-13-5-7-16(8-6-13)20-12-15(19)11-17-9-3-4-14(18)10-17/h5-8,14-15,18-19H,2-4,9-12H2,1H3/t14-,15-/m1/s1. The zero-order valence-corrected chi connectivity index (χ0v) is 12.2. The average Bonchev–Trinajstić information content (AvgIpc) is 2.46. The number of hydrogen-bond donors (Lipinski definition) is 2. The van der Waals surface area contributed by atoms with Crippen molar-refractivity contribution in [1.29, 1.82) is 0 Å². The fraction of sp³-hybridized carbons (Fsp3) is 0.625. The van der Waals surface area contributed by atoms with Crippen molar-refractivity contribution in [2.24, 2.45) is 0 Å². The van der Waals surface area contributed by atoms with Crippen LogP contribution in [0.4, 0.5) is 0 Å². The molecule has 0 amide bonds. The van der Waals surface area contributed by atoms with Gasteiger partial charge in [0.05, 0.1) is 6.10 Å². The monoisotopic (exact) mass is 279 g/mol. The van der Waals surface area contributed by atoms with E-state index in [0.717, 1.165) is 31.6 Å². The molecule has 1 aliphatic heterocycles. The van der Waals surface area contributed by atoms with Crippen molar-refractivity contribution in [2.45, 2.75) is 38.4 Å². The molecule has 0 aliphatic carbocycles. The van der Waals surface area contributed by atoms with Crippen molar-refractivity contribution >= 4 is 0 Å². The molecule has 1 aromatic carbocycles. The molecule has 0 unspecified atom stereocenters. The van der Waals surface area contributed by atoms with Crippen LogP contribution in [0.1, 0.15) is 25.3 Å². The summed E-state index contributed by atoms with van der Waals surface area (Å²) in [5.74, 6) is 0.792. The lowest BCUT2D eigenvalue weighted by molar-refractivity contribution is 0.0243. The van der Waals surface area contributed by atoms with Crippen LogP contribution in [0.3, 0.4) is 0 Å². The summed E-state index contributed by atoms with van der Waals surface area (Å²) in [6.07, 6.45) is 2.10. The summed E-state index contributed by atoms with van der Waals surface area (Å²) >= 11 is 0. The molecular formula is C16H25NO3. The summed E-state index contributed by atoms with van der Waals surface area (Å²) in [6, 6.07) is 7.97. The SMILES string of the molecule is CCc1ccc(OC[C@H](O)CN2CCC[C@@H](O)C2)cc1. The number of aliphatic hydroxyl groups is 2. The number of nitrogens with zero attached hydrogens (tertiary/aromatic N) is 1. The molecule has 2 N–H and O–H groups in total. The Bertz CT molecular complexity index is 393. The van der Waals surface area contributed by atoms with Crippen molar-refractivity contribution in [3.63, 3.8) is 0 Å². The maximum atomic E-state index is 10.0. The summed E-state index contributed by atoms with van der Waals surface area (Å²) in [5, 5.41) is 19.6. The van der Waals surface area contributed by atoms with Crippen molar-refractivity contribution in [3.8, 4) is 5.75 Å². The quantitative estimate of drug-likeness (QED) is 0.827. The normalized spacial score (nSPS) is 21.6. The van der Waals surface area contributed by atoms with Crippen molar-refractivity contribution in [2.75, 3.05) is 26.2 Å². The second-order valence-electron chi connectivity index (χ2n) is 5.52. The lowest BCUT2D eigenvalue weighted by atomic mass is 10.1. The van der Waals surface area contributed by atoms with Crippen LogP contribution < -0.4 is 4.74 Å². The minimum Gasteiger partial charge on any atom is -0.491 e. The molecule has 1 heterocycles. The molecule has 4 heteroatoms. The van der Waals surface area contributed by atoms with Crippen LogP contribution in [0.25, 0.3) is 0 Å². The van der Waals surface area contributed by atoms with Crippen molar-refractivity contribution in [1.82, 2.24) is 4.90 Å². The number of aliphatic hydroxyl groups excluding tert-OH is 2. The van der Waals surface area contributed by atoms with Gasteiger partial charge in [-0.1, -0.05) is 19.1 Å². The van der Waals surface area contributed by atoms with Crippen LogP contribution in [-0.4, -0.2) is 53.6 Å². The molecule has 1 saturated heterocycles. The number of benzene rings is 1. The largest absolute Gasteiger partial charge is 0.491 e. The molecule has 0 bridgehead atoms. The van der Waals surface area contributed by atoms with Crippen LogP contribution in [0, 0.1) is 0 Å². The highest BCUT2D eigenvalue weighted by Gasteiger charge is 2.20. The number of aryl methyl sites for hydroxylation is 1. The molecule has 1 aliphatic rings. The van der Waals surface area contributed by atoms with Crippen LogP contribution in [0.2, 0.25) is 0 Å². The summed E-state index contributed by atoms with van der Waals surface area (Å²) in [6.45, 7) is 4.57. The summed E-state index contributed by atoms with van der Waals surface area (Å²) in [4.78, 5) is 2.10. The first-order valence-electron chi connectivity index (χ1n) is 7.47. The van der Waals surface area contributed by atoms with Gasteiger partial charge in [-0.25, -0.2) is 0 Å². The third-order valence-electron chi connectivity index (χ3n) is 3.72. The van der Waals surface area contributed by atoms with E-state index in [1.54, 1.807) is 0 Å². The lowest BCUT2D eigenvalue weighted by Gasteiger charge is -2.31. The first-order valence-corrected chi connectivity index (χ1v) is 7.47. The smallest absolute Gasteiger partial charge is 0.119 e. The molecule has 1 aromatic rings. The van der Waals surface area contributed by atoms with Gasteiger partial charge in [-0.3, -0.25) is 4.90 Å². The average molecular weight is 279 g/mol. The third-order valence-corrected chi connectivity index (χ3v) is 3.72. The Labute approximate surface area is 121 Å². The molecule has 4 nitrogen and oxygen atoms in total. The fourth-order valence-corrected chi connectivity index (χ4v) is 2.56. The maximum Gasteiger partial charge on any atom is 0.119 e. The molecular weight excluding hydrogens is 254 g/mol. The van der Waals surface area contributed by atoms with Gasteiger partial charge < -0.3 is 14.9 Å². The van der Waals surface area contributed by atoms with Gasteiger partial charge in [0.15, 0.2) is 0 Å². The second kappa shape index (κ2) is 7.62. The van der Waals surface area contributed by atoms with E-state index in [9.17, 15) is 10.2 Å². The van der Waals surface area contributed by atoms with Gasteiger partial charge in [0.25, 0.3) is 0 Å². The highest BCUT2D eigenvalue weighted by atomic mass is 16.5. The Kier molecular flexibility index (Phi) is 5.83. The van der Waals surface area contributed by atoms with Gasteiger partial charge >= 0.3 is 0 Å². The number of likely N-dealkylation sites (tertiary alicyclic amines) is 1. The number of rotatable bonds is 6. The van der Waals surface area contributed by atoms with E-state index in [2.05, 4.69) is 11.8 Å². The Morgan fingerprint density at radius 1 is 1.35 bits per heavy atom. The fourth-order valence-electron chi connectivity index (χ4n) is 2.56. The predicted molar refractivity (Wildman–Crippen MR) is 79.0 cm³/mol. The number of β-amino-alcohol motifs (C(OH)–C–C–N with tert-alkyl or cyclic N) is 2. The van der Waals surface area contributed by atoms with Crippen LogP contribution in [-0.2, 0) is 6.42 Å². The highest BCUT2D eigenvalue weighted by Crippen LogP contribution is 2.14. The predicted octanol–water partition coefficient (Wildman–Crippen LogP) is 1.45. The maximum absolute atomic E-state index is 10.0. The second-order valence-corrected chi connectivity index (χ2v) is 5.52. The summed E-state index contributed by atoms with van der Waals surface area (Å²) in [7, 11) is 0. The minimum absolute atomic E-state index is 0.251. The van der Waals surface area contributed by atoms with E-state index in [4.69, 9.17) is 4.74 Å². The molecule has 20 heavy (non-hydrogen) atoms. The molecule has 0 radical (unpaired) electrons.